The van der Waals surface area contributed by atoms with E-state index in [4.69, 9.17) is 38.6 Å². The van der Waals surface area contributed by atoms with Gasteiger partial charge in [0.2, 0.25) is 0 Å². The Morgan fingerprint density at radius 2 is 1.94 bits per heavy atom. The molecule has 0 aliphatic carbocycles. The van der Waals surface area contributed by atoms with Crippen molar-refractivity contribution < 1.29 is 13.2 Å². The van der Waals surface area contributed by atoms with Gasteiger partial charge < -0.3 is 4.74 Å². The molecule has 18 heavy (non-hydrogen) atoms. The highest BCUT2D eigenvalue weighted by atomic mass is 35.7. The van der Waals surface area contributed by atoms with Crippen LogP contribution in [-0.4, -0.2) is 15.0 Å². The van der Waals surface area contributed by atoms with Crippen LogP contribution in [0.5, 0.6) is 5.75 Å². The molecule has 7 heteroatoms. The fourth-order valence-electron chi connectivity index (χ4n) is 1.10. The molecule has 1 rings (SSSR count). The molecule has 0 N–H and O–H groups in total. The highest BCUT2D eigenvalue weighted by Crippen LogP contribution is 2.38. The summed E-state index contributed by atoms with van der Waals surface area (Å²) in [5.41, 5.74) is 0.885. The maximum Gasteiger partial charge on any atom is 0.262 e. The molecular formula is C11H11Cl3O3S. The number of hydrogen-bond acceptors (Lipinski definition) is 3. The average molecular weight is 330 g/mol. The molecule has 3 nitrogen and oxygen atoms in total. The molecule has 0 saturated heterocycles. The molecule has 0 heterocycles. The van der Waals surface area contributed by atoms with Gasteiger partial charge in [-0.15, -0.1) is 0 Å². The van der Waals surface area contributed by atoms with Gasteiger partial charge in [0, 0.05) is 10.7 Å². The third kappa shape index (κ3) is 3.79. The summed E-state index contributed by atoms with van der Waals surface area (Å²) in [6.45, 7) is 6.02. The Bertz CT molecular complexity index is 567. The summed E-state index contributed by atoms with van der Waals surface area (Å²) in [4.78, 5) is -0.238. The van der Waals surface area contributed by atoms with Crippen molar-refractivity contribution in [1.29, 1.82) is 0 Å². The predicted molar refractivity (Wildman–Crippen MR) is 74.4 cm³/mol. The SMILES string of the molecule is C=C(CC)COc1ccc(S(=O)(=O)Cl)c(Cl)c1Cl. The topological polar surface area (TPSA) is 43.4 Å². The molecule has 100 valence electrons. The van der Waals surface area contributed by atoms with E-state index >= 15 is 0 Å². The molecule has 0 atom stereocenters. The lowest BCUT2D eigenvalue weighted by atomic mass is 10.2. The molecule has 0 unspecified atom stereocenters. The summed E-state index contributed by atoms with van der Waals surface area (Å²) in [7, 11) is 1.29. The van der Waals surface area contributed by atoms with E-state index in [9.17, 15) is 8.42 Å². The van der Waals surface area contributed by atoms with Gasteiger partial charge in [0.05, 0.1) is 5.02 Å². The second-order valence-electron chi connectivity index (χ2n) is 3.52. The second-order valence-corrected chi connectivity index (χ2v) is 6.81. The van der Waals surface area contributed by atoms with Crippen molar-refractivity contribution in [1.82, 2.24) is 0 Å². The van der Waals surface area contributed by atoms with Crippen LogP contribution in [0.4, 0.5) is 0 Å². The standard InChI is InChI=1S/C11H11Cl3O3S/c1-3-7(2)6-17-8-4-5-9(18(14,15)16)11(13)10(8)12/h4-5H,2-3,6H2,1H3. The Balaban J connectivity index is 3.06. The highest BCUT2D eigenvalue weighted by molar-refractivity contribution is 8.13. The maximum absolute atomic E-state index is 11.2. The Hall–Kier alpha value is -0.420. The van der Waals surface area contributed by atoms with Gasteiger partial charge in [-0.2, -0.15) is 0 Å². The third-order valence-electron chi connectivity index (χ3n) is 2.21. The number of benzene rings is 1. The van der Waals surface area contributed by atoms with Crippen LogP contribution < -0.4 is 4.74 Å². The summed E-state index contributed by atoms with van der Waals surface area (Å²) in [6.07, 6.45) is 0.777. The van der Waals surface area contributed by atoms with Crippen molar-refractivity contribution in [2.75, 3.05) is 6.61 Å². The van der Waals surface area contributed by atoms with Crippen LogP contribution in [-0.2, 0) is 9.05 Å². The minimum atomic E-state index is -3.93. The molecule has 0 aliphatic rings. The Morgan fingerprint density at radius 3 is 2.44 bits per heavy atom. The van der Waals surface area contributed by atoms with Gasteiger partial charge in [0.15, 0.2) is 0 Å². The van der Waals surface area contributed by atoms with Crippen molar-refractivity contribution in [3.8, 4) is 5.75 Å². The van der Waals surface area contributed by atoms with Gasteiger partial charge in [-0.3, -0.25) is 0 Å². The van der Waals surface area contributed by atoms with Crippen LogP contribution in [0.1, 0.15) is 13.3 Å². The van der Waals surface area contributed by atoms with Gasteiger partial charge in [0.25, 0.3) is 9.05 Å². The van der Waals surface area contributed by atoms with Gasteiger partial charge in [-0.25, -0.2) is 8.42 Å². The van der Waals surface area contributed by atoms with Crippen LogP contribution in [0.2, 0.25) is 10.0 Å². The molecular weight excluding hydrogens is 319 g/mol. The fourth-order valence-corrected chi connectivity index (χ4v) is 2.88. The summed E-state index contributed by atoms with van der Waals surface area (Å²) < 4.78 is 27.8. The van der Waals surface area contributed by atoms with Crippen LogP contribution in [0.25, 0.3) is 0 Å². The van der Waals surface area contributed by atoms with Crippen LogP contribution in [0.3, 0.4) is 0 Å². The predicted octanol–water partition coefficient (Wildman–Crippen LogP) is 4.27. The number of rotatable bonds is 5. The molecule has 0 aliphatic heterocycles. The average Bonchev–Trinajstić information content (AvgIpc) is 2.28. The molecule has 0 saturated carbocycles. The van der Waals surface area contributed by atoms with Crippen molar-refractivity contribution in [2.45, 2.75) is 18.2 Å². The lowest BCUT2D eigenvalue weighted by Crippen LogP contribution is -2.01. The van der Waals surface area contributed by atoms with Crippen LogP contribution in [0.15, 0.2) is 29.2 Å². The van der Waals surface area contributed by atoms with Gasteiger partial charge >= 0.3 is 0 Å². The summed E-state index contributed by atoms with van der Waals surface area (Å²) in [6, 6.07) is 2.66. The first-order valence-electron chi connectivity index (χ1n) is 4.99. The van der Waals surface area contributed by atoms with Crippen molar-refractivity contribution in [2.24, 2.45) is 0 Å². The quantitative estimate of drug-likeness (QED) is 0.598. The summed E-state index contributed by atoms with van der Waals surface area (Å²) >= 11 is 11.8. The number of hydrogen-bond donors (Lipinski definition) is 0. The Kier molecular flexibility index (Phi) is 5.34. The molecule has 0 aromatic heterocycles. The van der Waals surface area contributed by atoms with E-state index in [-0.39, 0.29) is 14.9 Å². The summed E-state index contributed by atoms with van der Waals surface area (Å²) in [5.74, 6) is 0.292. The monoisotopic (exact) mass is 328 g/mol. The molecule has 0 spiro atoms. The lowest BCUT2D eigenvalue weighted by Gasteiger charge is -2.11. The molecule has 1 aromatic carbocycles. The van der Waals surface area contributed by atoms with Crippen molar-refractivity contribution >= 4 is 42.9 Å². The molecule has 0 bridgehead atoms. The lowest BCUT2D eigenvalue weighted by molar-refractivity contribution is 0.349. The Labute approximate surface area is 121 Å². The minimum Gasteiger partial charge on any atom is -0.488 e. The maximum atomic E-state index is 11.2. The zero-order valence-electron chi connectivity index (χ0n) is 9.54. The third-order valence-corrected chi connectivity index (χ3v) is 4.55. The zero-order valence-corrected chi connectivity index (χ0v) is 12.6. The normalized spacial score (nSPS) is 11.3. The van der Waals surface area contributed by atoms with E-state index in [1.165, 1.54) is 12.1 Å². The zero-order chi connectivity index (χ0) is 13.9. The minimum absolute atomic E-state index is 0.0160. The highest BCUT2D eigenvalue weighted by Gasteiger charge is 2.19. The molecule has 0 radical (unpaired) electrons. The van der Waals surface area contributed by atoms with E-state index in [1.54, 1.807) is 0 Å². The largest absolute Gasteiger partial charge is 0.488 e. The number of ether oxygens (including phenoxy) is 1. The van der Waals surface area contributed by atoms with E-state index in [0.717, 1.165) is 12.0 Å². The van der Waals surface area contributed by atoms with Gasteiger partial charge in [0.1, 0.15) is 22.3 Å². The first-order chi connectivity index (χ1) is 8.27. The number of halogens is 3. The first kappa shape index (κ1) is 15.6. The van der Waals surface area contributed by atoms with Crippen molar-refractivity contribution in [3.05, 3.63) is 34.3 Å². The van der Waals surface area contributed by atoms with E-state index < -0.39 is 9.05 Å². The second kappa shape index (κ2) is 6.15. The van der Waals surface area contributed by atoms with E-state index in [0.29, 0.717) is 12.4 Å². The summed E-state index contributed by atoms with van der Waals surface area (Å²) in [5, 5.41) is -0.131. The molecule has 0 amide bonds. The van der Waals surface area contributed by atoms with Crippen LogP contribution >= 0.6 is 33.9 Å². The fraction of sp³-hybridized carbons (Fsp3) is 0.273. The Morgan fingerprint density at radius 1 is 1.33 bits per heavy atom. The van der Waals surface area contributed by atoms with E-state index in [2.05, 4.69) is 6.58 Å². The van der Waals surface area contributed by atoms with Gasteiger partial charge in [-0.1, -0.05) is 36.7 Å². The van der Waals surface area contributed by atoms with Crippen LogP contribution in [0, 0.1) is 0 Å². The van der Waals surface area contributed by atoms with E-state index in [1.807, 2.05) is 6.92 Å². The smallest absolute Gasteiger partial charge is 0.262 e. The van der Waals surface area contributed by atoms with Crippen molar-refractivity contribution in [3.63, 3.8) is 0 Å². The first-order valence-corrected chi connectivity index (χ1v) is 8.06. The molecule has 1 aromatic rings. The van der Waals surface area contributed by atoms with Gasteiger partial charge in [-0.05, 0) is 24.1 Å². The molecule has 0 fully saturated rings.